The highest BCUT2D eigenvalue weighted by molar-refractivity contribution is 9.09. The molecule has 0 aromatic heterocycles. The molecule has 0 bridgehead atoms. The maximum Gasteiger partial charge on any atom is 0.309 e. The minimum Gasteiger partial charge on any atom is -0.481 e. The Hall–Kier alpha value is -0.0900. The fourth-order valence-corrected chi connectivity index (χ4v) is 1.17. The molecule has 0 aliphatic rings. The van der Waals surface area contributed by atoms with Gasteiger partial charge in [0.2, 0.25) is 0 Å². The van der Waals surface area contributed by atoms with Gasteiger partial charge in [0.05, 0.1) is 12.0 Å². The molecule has 0 saturated heterocycles. The number of aliphatic carboxylic acids is 1. The summed E-state index contributed by atoms with van der Waals surface area (Å²) in [5, 5.41) is 17.9. The molecule has 1 unspecified atom stereocenters. The number of hydrogen-bond acceptors (Lipinski definition) is 2. The molecular formula is C6H11BrO3. The van der Waals surface area contributed by atoms with Crippen molar-refractivity contribution in [1.29, 1.82) is 0 Å². The van der Waals surface area contributed by atoms with Crippen LogP contribution < -0.4 is 0 Å². The summed E-state index contributed by atoms with van der Waals surface area (Å²) >= 11 is 3.01. The number of aliphatic hydroxyl groups is 1. The van der Waals surface area contributed by atoms with E-state index in [9.17, 15) is 4.79 Å². The molecule has 0 saturated carbocycles. The van der Waals surface area contributed by atoms with Crippen LogP contribution in [0.4, 0.5) is 0 Å². The van der Waals surface area contributed by atoms with Gasteiger partial charge in [0, 0.05) is 5.33 Å². The summed E-state index contributed by atoms with van der Waals surface area (Å²) in [5.74, 6) is -1.58. The van der Waals surface area contributed by atoms with Crippen molar-refractivity contribution >= 4 is 21.9 Å². The standard InChI is InChI=1S/C6H11BrO3/c1-2-4(6(9)10)5(8)3-7/h4-5,8H,2-3H2,1H3,(H,9,10)/t4?,5-/m1/s1. The van der Waals surface area contributed by atoms with E-state index < -0.39 is 18.0 Å². The number of carboxylic acids is 1. The van der Waals surface area contributed by atoms with Crippen molar-refractivity contribution in [1.82, 2.24) is 0 Å². The van der Waals surface area contributed by atoms with Crippen LogP contribution in [0.15, 0.2) is 0 Å². The number of hydrogen-bond donors (Lipinski definition) is 2. The molecule has 0 heterocycles. The summed E-state index contributed by atoms with van der Waals surface area (Å²) in [4.78, 5) is 10.4. The number of aliphatic hydroxyl groups excluding tert-OH is 1. The molecule has 2 N–H and O–H groups in total. The van der Waals surface area contributed by atoms with Gasteiger partial charge >= 0.3 is 5.97 Å². The monoisotopic (exact) mass is 210 g/mol. The molecule has 0 aromatic rings. The van der Waals surface area contributed by atoms with Gasteiger partial charge in [-0.15, -0.1) is 0 Å². The summed E-state index contributed by atoms with van der Waals surface area (Å²) in [5.41, 5.74) is 0. The van der Waals surface area contributed by atoms with Crippen molar-refractivity contribution in [3.63, 3.8) is 0 Å². The first-order chi connectivity index (χ1) is 4.63. The lowest BCUT2D eigenvalue weighted by atomic mass is 10.0. The highest BCUT2D eigenvalue weighted by Gasteiger charge is 2.22. The van der Waals surface area contributed by atoms with E-state index >= 15 is 0 Å². The van der Waals surface area contributed by atoms with E-state index in [0.29, 0.717) is 11.8 Å². The first-order valence-electron chi connectivity index (χ1n) is 3.10. The van der Waals surface area contributed by atoms with E-state index in [0.717, 1.165) is 0 Å². The number of carboxylic acid groups (broad SMARTS) is 1. The van der Waals surface area contributed by atoms with Crippen molar-refractivity contribution in [2.45, 2.75) is 19.4 Å². The smallest absolute Gasteiger partial charge is 0.309 e. The Morgan fingerprint density at radius 3 is 2.30 bits per heavy atom. The normalized spacial score (nSPS) is 16.3. The highest BCUT2D eigenvalue weighted by atomic mass is 79.9. The molecule has 0 spiro atoms. The molecule has 4 heteroatoms. The molecule has 10 heavy (non-hydrogen) atoms. The van der Waals surface area contributed by atoms with Crippen molar-refractivity contribution < 1.29 is 15.0 Å². The maximum atomic E-state index is 10.4. The van der Waals surface area contributed by atoms with E-state index in [-0.39, 0.29) is 0 Å². The summed E-state index contributed by atoms with van der Waals surface area (Å²) < 4.78 is 0. The van der Waals surface area contributed by atoms with Gasteiger partial charge in [0.25, 0.3) is 0 Å². The predicted molar refractivity (Wildman–Crippen MR) is 41.2 cm³/mol. The first-order valence-corrected chi connectivity index (χ1v) is 4.22. The highest BCUT2D eigenvalue weighted by Crippen LogP contribution is 2.10. The molecule has 3 nitrogen and oxygen atoms in total. The third kappa shape index (κ3) is 2.66. The Labute approximate surface area is 68.2 Å². The maximum absolute atomic E-state index is 10.4. The van der Waals surface area contributed by atoms with Crippen LogP contribution in [0, 0.1) is 5.92 Å². The molecule has 0 aromatic carbocycles. The lowest BCUT2D eigenvalue weighted by Crippen LogP contribution is -2.28. The number of rotatable bonds is 4. The lowest BCUT2D eigenvalue weighted by Gasteiger charge is -2.13. The molecule has 0 rings (SSSR count). The van der Waals surface area contributed by atoms with E-state index in [2.05, 4.69) is 15.9 Å². The van der Waals surface area contributed by atoms with Crippen LogP contribution in [0.3, 0.4) is 0 Å². The fourth-order valence-electron chi connectivity index (χ4n) is 0.719. The van der Waals surface area contributed by atoms with Crippen LogP contribution in [0.1, 0.15) is 13.3 Å². The summed E-state index contributed by atoms with van der Waals surface area (Å²) in [6.07, 6.45) is -0.315. The number of alkyl halides is 1. The molecule has 2 atom stereocenters. The Bertz CT molecular complexity index is 116. The van der Waals surface area contributed by atoms with E-state index in [1.807, 2.05) is 0 Å². The fraction of sp³-hybridized carbons (Fsp3) is 0.833. The topological polar surface area (TPSA) is 57.5 Å². The van der Waals surface area contributed by atoms with Crippen molar-refractivity contribution in [2.24, 2.45) is 5.92 Å². The van der Waals surface area contributed by atoms with Gasteiger partial charge in [-0.05, 0) is 6.42 Å². The van der Waals surface area contributed by atoms with Crippen molar-refractivity contribution in [3.05, 3.63) is 0 Å². The number of halogens is 1. The molecule has 0 amide bonds. The largest absolute Gasteiger partial charge is 0.481 e. The zero-order valence-electron chi connectivity index (χ0n) is 5.75. The Balaban J connectivity index is 3.92. The second-order valence-corrected chi connectivity index (χ2v) is 2.72. The summed E-state index contributed by atoms with van der Waals surface area (Å²) in [7, 11) is 0. The van der Waals surface area contributed by atoms with Crippen LogP contribution in [0.25, 0.3) is 0 Å². The Morgan fingerprint density at radius 1 is 1.70 bits per heavy atom. The lowest BCUT2D eigenvalue weighted by molar-refractivity contribution is -0.145. The molecule has 0 aliphatic carbocycles. The van der Waals surface area contributed by atoms with E-state index in [1.54, 1.807) is 6.92 Å². The summed E-state index contributed by atoms with van der Waals surface area (Å²) in [6.45, 7) is 1.74. The van der Waals surface area contributed by atoms with Gasteiger partial charge in [-0.1, -0.05) is 22.9 Å². The van der Waals surface area contributed by atoms with E-state index in [4.69, 9.17) is 10.2 Å². The first kappa shape index (κ1) is 9.91. The Morgan fingerprint density at radius 2 is 2.20 bits per heavy atom. The van der Waals surface area contributed by atoms with Gasteiger partial charge in [0.15, 0.2) is 0 Å². The minimum absolute atomic E-state index is 0.317. The third-order valence-corrected chi connectivity index (χ3v) is 2.04. The second-order valence-electron chi connectivity index (χ2n) is 2.07. The van der Waals surface area contributed by atoms with Crippen LogP contribution in [-0.4, -0.2) is 27.6 Å². The zero-order valence-corrected chi connectivity index (χ0v) is 7.34. The Kier molecular flexibility index (Phi) is 4.64. The van der Waals surface area contributed by atoms with Crippen LogP contribution in [0.5, 0.6) is 0 Å². The van der Waals surface area contributed by atoms with Crippen molar-refractivity contribution in [3.8, 4) is 0 Å². The third-order valence-electron chi connectivity index (χ3n) is 1.38. The predicted octanol–water partition coefficient (Wildman–Crippen LogP) is 0.853. The summed E-state index contributed by atoms with van der Waals surface area (Å²) in [6, 6.07) is 0. The molecular weight excluding hydrogens is 200 g/mol. The molecule has 0 aliphatic heterocycles. The SMILES string of the molecule is CCC(C(=O)O)[C@H](O)CBr. The molecule has 0 radical (unpaired) electrons. The van der Waals surface area contributed by atoms with Gasteiger partial charge in [-0.25, -0.2) is 0 Å². The van der Waals surface area contributed by atoms with Crippen molar-refractivity contribution in [2.75, 3.05) is 5.33 Å². The number of carbonyl (C=O) groups is 1. The zero-order chi connectivity index (χ0) is 8.15. The van der Waals surface area contributed by atoms with Crippen LogP contribution >= 0.6 is 15.9 Å². The minimum atomic E-state index is -0.936. The second kappa shape index (κ2) is 4.68. The van der Waals surface area contributed by atoms with Gasteiger partial charge < -0.3 is 10.2 Å². The van der Waals surface area contributed by atoms with Gasteiger partial charge in [-0.3, -0.25) is 4.79 Å². The van der Waals surface area contributed by atoms with E-state index in [1.165, 1.54) is 0 Å². The van der Waals surface area contributed by atoms with Crippen LogP contribution in [0.2, 0.25) is 0 Å². The average Bonchev–Trinajstić information content (AvgIpc) is 1.88. The molecule has 60 valence electrons. The van der Waals surface area contributed by atoms with Gasteiger partial charge in [-0.2, -0.15) is 0 Å². The average molecular weight is 211 g/mol. The van der Waals surface area contributed by atoms with Crippen LogP contribution in [-0.2, 0) is 4.79 Å². The quantitative estimate of drug-likeness (QED) is 0.678. The van der Waals surface area contributed by atoms with Gasteiger partial charge in [0.1, 0.15) is 0 Å². The molecule has 0 fully saturated rings.